The lowest BCUT2D eigenvalue weighted by Gasteiger charge is -2.36. The Morgan fingerprint density at radius 2 is 2.03 bits per heavy atom. The minimum absolute atomic E-state index is 0.111. The number of hydrogen-bond acceptors (Lipinski definition) is 9. The third kappa shape index (κ3) is 5.50. The summed E-state index contributed by atoms with van der Waals surface area (Å²) in [5.74, 6) is -0.388. The van der Waals surface area contributed by atoms with Crippen LogP contribution in [0, 0.1) is 12.7 Å². The first-order chi connectivity index (χ1) is 18.9. The minimum Gasteiger partial charge on any atom is -0.480 e. The predicted octanol–water partition coefficient (Wildman–Crippen LogP) is 4.53. The Morgan fingerprint density at radius 1 is 1.23 bits per heavy atom. The van der Waals surface area contributed by atoms with Crippen molar-refractivity contribution in [2.24, 2.45) is 0 Å². The molecule has 12 heteroatoms. The van der Waals surface area contributed by atoms with Crippen LogP contribution in [0.2, 0.25) is 5.02 Å². The number of aromatic nitrogens is 2. The van der Waals surface area contributed by atoms with Crippen LogP contribution in [-0.4, -0.2) is 73.8 Å². The molecule has 5 rings (SSSR count). The molecule has 0 saturated carbocycles. The fourth-order valence-corrected chi connectivity index (χ4v) is 5.16. The molecule has 39 heavy (non-hydrogen) atoms. The number of pyridine rings is 2. The number of nitrogens with one attached hydrogen (secondary N) is 3. The number of halogens is 2. The summed E-state index contributed by atoms with van der Waals surface area (Å²) < 4.78 is 26.3. The smallest absolute Gasteiger partial charge is 0.263 e. The molecule has 1 saturated heterocycles. The van der Waals surface area contributed by atoms with Crippen molar-refractivity contribution >= 4 is 45.9 Å². The highest BCUT2D eigenvalue weighted by atomic mass is 35.5. The molecule has 1 aromatic carbocycles. The SMILES string of the molecule is CCN1CCN(c2c(F)cc(NC(=O)c3c(Nc4cnc5c(c4C)NCCO5)ccnc3OC)cc2Cl)CC1. The molecule has 2 aliphatic heterocycles. The normalized spacial score (nSPS) is 15.2. The zero-order chi connectivity index (χ0) is 27.5. The van der Waals surface area contributed by atoms with Crippen LogP contribution in [0.3, 0.4) is 0 Å². The van der Waals surface area contributed by atoms with Crippen molar-refractivity contribution < 1.29 is 18.7 Å². The number of carbonyl (C=O) groups excluding carboxylic acids is 1. The van der Waals surface area contributed by atoms with E-state index in [0.29, 0.717) is 49.2 Å². The van der Waals surface area contributed by atoms with Gasteiger partial charge in [-0.3, -0.25) is 4.79 Å². The topological polar surface area (TPSA) is 104 Å². The molecule has 1 fully saturated rings. The van der Waals surface area contributed by atoms with E-state index in [1.54, 1.807) is 18.3 Å². The van der Waals surface area contributed by atoms with Gasteiger partial charge < -0.3 is 35.2 Å². The number of piperazine rings is 1. The standard InChI is InChI=1S/C27H31ClFN7O3/c1-4-35-8-10-36(11-9-35)24-18(28)13-17(14-19(24)29)33-25(37)22-20(5-6-31-26(22)38-3)34-21-15-32-27-23(16(21)2)30-7-12-39-27/h5-6,13-15,30H,4,7-12H2,1-3H3,(H,31,34)(H,33,37). The third-order valence-corrected chi connectivity index (χ3v) is 7.25. The van der Waals surface area contributed by atoms with Crippen LogP contribution in [0.1, 0.15) is 22.8 Å². The first-order valence-corrected chi connectivity index (χ1v) is 13.2. The van der Waals surface area contributed by atoms with E-state index in [-0.39, 0.29) is 22.2 Å². The van der Waals surface area contributed by atoms with Crippen LogP contribution < -0.4 is 30.3 Å². The van der Waals surface area contributed by atoms with Crippen LogP contribution in [0.15, 0.2) is 30.6 Å². The Bertz CT molecular complexity index is 1360. The number of ether oxygens (including phenoxy) is 2. The second-order valence-corrected chi connectivity index (χ2v) is 9.69. The Morgan fingerprint density at radius 3 is 2.74 bits per heavy atom. The Labute approximate surface area is 231 Å². The number of nitrogens with zero attached hydrogens (tertiary/aromatic N) is 4. The van der Waals surface area contributed by atoms with Gasteiger partial charge in [0, 0.05) is 50.2 Å². The van der Waals surface area contributed by atoms with Crippen molar-refractivity contribution in [3.8, 4) is 11.8 Å². The van der Waals surface area contributed by atoms with Gasteiger partial charge in [0.05, 0.1) is 35.4 Å². The molecule has 0 aliphatic carbocycles. The molecule has 3 aromatic rings. The first kappa shape index (κ1) is 26.8. The zero-order valence-electron chi connectivity index (χ0n) is 22.1. The number of fused-ring (bicyclic) bond motifs is 1. The van der Waals surface area contributed by atoms with E-state index in [0.717, 1.165) is 30.9 Å². The minimum atomic E-state index is -0.535. The quantitative estimate of drug-likeness (QED) is 0.388. The molecule has 2 aromatic heterocycles. The van der Waals surface area contributed by atoms with Crippen molar-refractivity contribution in [3.63, 3.8) is 0 Å². The van der Waals surface area contributed by atoms with Gasteiger partial charge in [0.25, 0.3) is 5.91 Å². The predicted molar refractivity (Wildman–Crippen MR) is 151 cm³/mol. The van der Waals surface area contributed by atoms with E-state index in [1.165, 1.54) is 19.4 Å². The number of amides is 1. The summed E-state index contributed by atoms with van der Waals surface area (Å²) in [5.41, 5.74) is 3.51. The third-order valence-electron chi connectivity index (χ3n) is 6.96. The van der Waals surface area contributed by atoms with Gasteiger partial charge in [-0.15, -0.1) is 0 Å². The Hall–Kier alpha value is -3.83. The van der Waals surface area contributed by atoms with Gasteiger partial charge in [0.15, 0.2) is 0 Å². The van der Waals surface area contributed by atoms with Crippen molar-refractivity contribution in [1.82, 2.24) is 14.9 Å². The van der Waals surface area contributed by atoms with E-state index < -0.39 is 11.7 Å². The molecule has 0 unspecified atom stereocenters. The molecular weight excluding hydrogens is 525 g/mol. The number of methoxy groups -OCH3 is 1. The average molecular weight is 556 g/mol. The average Bonchev–Trinajstić information content (AvgIpc) is 2.94. The highest BCUT2D eigenvalue weighted by molar-refractivity contribution is 6.33. The lowest BCUT2D eigenvalue weighted by Crippen LogP contribution is -2.46. The van der Waals surface area contributed by atoms with E-state index in [2.05, 4.69) is 37.7 Å². The molecule has 0 radical (unpaired) electrons. The first-order valence-electron chi connectivity index (χ1n) is 12.8. The van der Waals surface area contributed by atoms with Crippen LogP contribution in [0.4, 0.5) is 32.8 Å². The number of likely N-dealkylation sites (N-methyl/N-ethyl adjacent to an activating group) is 1. The maximum Gasteiger partial charge on any atom is 0.263 e. The van der Waals surface area contributed by atoms with Crippen molar-refractivity contribution in [2.45, 2.75) is 13.8 Å². The van der Waals surface area contributed by atoms with E-state index in [4.69, 9.17) is 21.1 Å². The largest absolute Gasteiger partial charge is 0.480 e. The van der Waals surface area contributed by atoms with Crippen LogP contribution in [-0.2, 0) is 0 Å². The van der Waals surface area contributed by atoms with Gasteiger partial charge in [-0.1, -0.05) is 18.5 Å². The molecule has 3 N–H and O–H groups in total. The molecule has 0 atom stereocenters. The molecule has 206 valence electrons. The van der Waals surface area contributed by atoms with Crippen LogP contribution in [0.5, 0.6) is 11.8 Å². The summed E-state index contributed by atoms with van der Waals surface area (Å²) in [4.78, 5) is 26.3. The second kappa shape index (κ2) is 11.5. The lowest BCUT2D eigenvalue weighted by molar-refractivity contribution is 0.102. The van der Waals surface area contributed by atoms with Crippen molar-refractivity contribution in [2.75, 3.05) is 73.8 Å². The molecule has 4 heterocycles. The highest BCUT2D eigenvalue weighted by Gasteiger charge is 2.25. The zero-order valence-corrected chi connectivity index (χ0v) is 22.9. The van der Waals surface area contributed by atoms with Gasteiger partial charge in [0.2, 0.25) is 11.8 Å². The van der Waals surface area contributed by atoms with Gasteiger partial charge in [-0.25, -0.2) is 14.4 Å². The summed E-state index contributed by atoms with van der Waals surface area (Å²) >= 11 is 6.52. The molecular formula is C27H31ClFN7O3. The summed E-state index contributed by atoms with van der Waals surface area (Å²) in [7, 11) is 1.43. The Kier molecular flexibility index (Phi) is 7.89. The number of hydrogen-bond donors (Lipinski definition) is 3. The maximum atomic E-state index is 15.3. The monoisotopic (exact) mass is 555 g/mol. The molecule has 0 bridgehead atoms. The summed E-state index contributed by atoms with van der Waals surface area (Å²) in [6.45, 7) is 9.23. The van der Waals surface area contributed by atoms with Crippen molar-refractivity contribution in [1.29, 1.82) is 0 Å². The van der Waals surface area contributed by atoms with Crippen LogP contribution >= 0.6 is 11.6 Å². The molecule has 0 spiro atoms. The van der Waals surface area contributed by atoms with E-state index in [1.807, 2.05) is 11.8 Å². The highest BCUT2D eigenvalue weighted by Crippen LogP contribution is 2.37. The second-order valence-electron chi connectivity index (χ2n) is 9.28. The van der Waals surface area contributed by atoms with Crippen molar-refractivity contribution in [3.05, 3.63) is 52.6 Å². The van der Waals surface area contributed by atoms with E-state index in [9.17, 15) is 4.79 Å². The van der Waals surface area contributed by atoms with Crippen LogP contribution in [0.25, 0.3) is 0 Å². The van der Waals surface area contributed by atoms with Gasteiger partial charge in [0.1, 0.15) is 23.7 Å². The lowest BCUT2D eigenvalue weighted by atomic mass is 10.1. The van der Waals surface area contributed by atoms with Gasteiger partial charge in [-0.2, -0.15) is 0 Å². The summed E-state index contributed by atoms with van der Waals surface area (Å²) in [5, 5.41) is 9.55. The maximum absolute atomic E-state index is 15.3. The number of rotatable bonds is 7. The van der Waals surface area contributed by atoms with Gasteiger partial charge >= 0.3 is 0 Å². The Balaban J connectivity index is 1.40. The number of carbonyl (C=O) groups is 1. The number of anilines is 5. The fraction of sp³-hybridized carbons (Fsp3) is 0.370. The fourth-order valence-electron chi connectivity index (χ4n) is 4.83. The number of benzene rings is 1. The molecule has 1 amide bonds. The molecule has 10 nitrogen and oxygen atoms in total. The van der Waals surface area contributed by atoms with Gasteiger partial charge in [-0.05, 0) is 31.7 Å². The molecule has 2 aliphatic rings. The van der Waals surface area contributed by atoms with E-state index >= 15 is 4.39 Å². The summed E-state index contributed by atoms with van der Waals surface area (Å²) in [6, 6.07) is 4.50. The summed E-state index contributed by atoms with van der Waals surface area (Å²) in [6.07, 6.45) is 3.17.